The number of hydrogen-bond donors (Lipinski definition) is 5. The van der Waals surface area contributed by atoms with Gasteiger partial charge < -0.3 is 35.4 Å². The van der Waals surface area contributed by atoms with E-state index < -0.39 is 45.2 Å². The predicted octanol–water partition coefficient (Wildman–Crippen LogP) is 10.6. The summed E-state index contributed by atoms with van der Waals surface area (Å²) in [6.45, 7) is 19.4. The van der Waals surface area contributed by atoms with Gasteiger partial charge in [0.15, 0.2) is 0 Å². The van der Waals surface area contributed by atoms with Crippen LogP contribution in [0.3, 0.4) is 0 Å². The summed E-state index contributed by atoms with van der Waals surface area (Å²) < 4.78 is 12.6. The van der Waals surface area contributed by atoms with Crippen molar-refractivity contribution in [1.82, 2.24) is 10.6 Å². The van der Waals surface area contributed by atoms with Gasteiger partial charge in [-0.3, -0.25) is 9.59 Å². The minimum atomic E-state index is -1.18. The molecule has 2 amide bonds. The Morgan fingerprint density at radius 3 is 1.52 bits per heavy atom. The van der Waals surface area contributed by atoms with Crippen LogP contribution in [0.1, 0.15) is 100 Å². The Bertz CT molecular complexity index is 2180. The molecule has 348 valence electrons. The summed E-state index contributed by atoms with van der Waals surface area (Å²) in [5, 5.41) is 36.7. The van der Waals surface area contributed by atoms with E-state index in [1.54, 1.807) is 13.0 Å². The van der Waals surface area contributed by atoms with E-state index in [0.29, 0.717) is 52.8 Å². The summed E-state index contributed by atoms with van der Waals surface area (Å²) in [6, 6.07) is 13.4. The van der Waals surface area contributed by atoms with Gasteiger partial charge in [0, 0.05) is 15.8 Å². The predicted molar refractivity (Wildman–Crippen MR) is 256 cm³/mol. The average Bonchev–Trinajstić information content (AvgIpc) is 3.23. The molecule has 4 aliphatic rings. The molecule has 0 aromatic heterocycles. The van der Waals surface area contributed by atoms with Gasteiger partial charge in [-0.2, -0.15) is 0 Å². The third-order valence-electron chi connectivity index (χ3n) is 14.0. The third kappa shape index (κ3) is 8.86. The second-order valence-corrected chi connectivity index (χ2v) is 20.7. The molecular weight excluding hydrogens is 929 g/mol. The van der Waals surface area contributed by atoms with Gasteiger partial charge in [0.2, 0.25) is 11.2 Å². The summed E-state index contributed by atoms with van der Waals surface area (Å²) in [5.74, 6) is 0.915. The Hall–Kier alpha value is -2.34. The number of amides is 2. The van der Waals surface area contributed by atoms with E-state index in [-0.39, 0.29) is 40.2 Å². The van der Waals surface area contributed by atoms with E-state index in [1.807, 2.05) is 98.7 Å². The molecule has 0 radical (unpaired) electrons. The van der Waals surface area contributed by atoms with Crippen molar-refractivity contribution >= 4 is 81.4 Å². The van der Waals surface area contributed by atoms with Crippen molar-refractivity contribution in [2.45, 2.75) is 164 Å². The van der Waals surface area contributed by atoms with Gasteiger partial charge in [-0.1, -0.05) is 99.6 Å². The number of phenols is 1. The number of phenolic OH excluding ortho intramolecular Hbond substituents is 1. The normalized spacial score (nSPS) is 34.3. The lowest BCUT2D eigenvalue weighted by atomic mass is 9.58. The van der Waals surface area contributed by atoms with Gasteiger partial charge >= 0.3 is 0 Å². The van der Waals surface area contributed by atoms with E-state index in [4.69, 9.17) is 79.1 Å². The molecule has 2 heterocycles. The average molecular weight is 992 g/mol. The summed E-state index contributed by atoms with van der Waals surface area (Å²) in [4.78, 5) is 25.4. The molecule has 2 spiro atoms. The van der Waals surface area contributed by atoms with Gasteiger partial charge in [-0.15, -0.1) is 46.4 Å². The Labute approximate surface area is 402 Å². The fourth-order valence-corrected chi connectivity index (χ4v) is 12.9. The molecule has 12 atom stereocenters. The number of aryl methyl sites for hydroxylation is 5. The van der Waals surface area contributed by atoms with Crippen LogP contribution >= 0.6 is 69.6 Å². The second kappa shape index (κ2) is 19.9. The molecule has 2 aliphatic carbocycles. The van der Waals surface area contributed by atoms with Crippen molar-refractivity contribution < 1.29 is 34.4 Å². The van der Waals surface area contributed by atoms with Crippen LogP contribution in [0.2, 0.25) is 10.0 Å². The molecule has 2 saturated heterocycles. The Balaban J connectivity index is 0.000000190. The zero-order valence-corrected chi connectivity index (χ0v) is 42.2. The molecule has 9 nitrogen and oxygen atoms in total. The number of aliphatic hydroxyl groups excluding tert-OH is 2. The highest BCUT2D eigenvalue weighted by Crippen LogP contribution is 2.54. The number of alkyl halides is 4. The first-order chi connectivity index (χ1) is 29.5. The highest BCUT2D eigenvalue weighted by atomic mass is 35.5. The number of rotatable bonds is 8. The van der Waals surface area contributed by atoms with Crippen LogP contribution in [0.4, 0.5) is 0 Å². The lowest BCUT2D eigenvalue weighted by Crippen LogP contribution is -2.89. The fraction of sp³-hybridized carbons (Fsp3) is 0.583. The molecule has 2 saturated carbocycles. The molecule has 4 fully saturated rings. The maximum absolute atomic E-state index is 12.7. The van der Waals surface area contributed by atoms with Crippen molar-refractivity contribution in [2.24, 2.45) is 11.8 Å². The van der Waals surface area contributed by atoms with Crippen molar-refractivity contribution in [1.29, 1.82) is 0 Å². The van der Waals surface area contributed by atoms with Gasteiger partial charge in [0.25, 0.3) is 11.8 Å². The molecule has 2 aliphatic heterocycles. The number of benzene rings is 3. The molecule has 0 bridgehead atoms. The highest BCUT2D eigenvalue weighted by Gasteiger charge is 2.75. The minimum absolute atomic E-state index is 0.00729. The van der Waals surface area contributed by atoms with Crippen LogP contribution in [0.25, 0.3) is 0 Å². The third-order valence-corrected chi connectivity index (χ3v) is 16.9. The largest absolute Gasteiger partial charge is 0.506 e. The lowest BCUT2D eigenvalue weighted by Gasteiger charge is -2.63. The number of β-lactam (4-membered cyclic amide) rings is 2. The smallest absolute Gasteiger partial charge is 0.267 e. The Morgan fingerprint density at radius 2 is 1.13 bits per heavy atom. The number of carbonyl (C=O) groups excluding carboxylic acids is 2. The van der Waals surface area contributed by atoms with Gasteiger partial charge in [0.1, 0.15) is 28.3 Å². The molecule has 5 N–H and O–H groups in total. The van der Waals surface area contributed by atoms with Crippen LogP contribution in [-0.4, -0.2) is 83.1 Å². The van der Waals surface area contributed by atoms with Gasteiger partial charge in [0.05, 0.1) is 28.0 Å². The minimum Gasteiger partial charge on any atom is -0.506 e. The van der Waals surface area contributed by atoms with Gasteiger partial charge in [-0.25, -0.2) is 0 Å². The SMILES string of the molecule is CCC1(Oc2ccc(C)cc2C)C(=O)NC12CC(Cl)C(C)C(Cl)C2O.CCC1C(Cl)CC2(NC(=O)C2(CC)Oc2ccc(C)cc2C)C(O)C1Cl.CCc1c(Cl)cc(C)c(O)c1Cl. The van der Waals surface area contributed by atoms with Crippen LogP contribution < -0.4 is 20.1 Å². The molecular formula is C48H62Cl6N2O7. The first kappa shape index (κ1) is 51.6. The van der Waals surface area contributed by atoms with Crippen molar-refractivity contribution in [2.75, 3.05) is 0 Å². The molecule has 12 unspecified atom stereocenters. The number of ether oxygens (including phenoxy) is 2. The van der Waals surface area contributed by atoms with Crippen molar-refractivity contribution in [3.8, 4) is 17.2 Å². The summed E-state index contributed by atoms with van der Waals surface area (Å²) >= 11 is 37.9. The standard InChI is InChI=1S/C20H27Cl2NO3.C19H25Cl2NO3.C9H10Cl2O/c1-5-13-14(21)10-19(17(24)16(13)22)20(6-2,18(25)23-19)26-15-8-7-11(3)9-12(15)4;1-5-19(25-14-7-6-10(2)8-11(14)3)17(24)22-18(19)9-13(20)12(4)15(21)16(18)23;1-3-6-7(10)4-5(2)9(12)8(6)11/h7-9,13-14,16-17,24H,5-6,10H2,1-4H3,(H,23,25);6-8,12-13,15-16,23H,5,9H2,1-4H3,(H,22,24);4,12H,3H2,1-2H3. The van der Waals surface area contributed by atoms with Gasteiger partial charge in [-0.05, 0) is 119 Å². The number of aliphatic hydroxyl groups is 2. The monoisotopic (exact) mass is 988 g/mol. The van der Waals surface area contributed by atoms with Crippen molar-refractivity contribution in [3.63, 3.8) is 0 Å². The second-order valence-electron chi connectivity index (χ2n) is 17.8. The van der Waals surface area contributed by atoms with E-state index >= 15 is 0 Å². The number of hydrogen-bond acceptors (Lipinski definition) is 7. The maximum atomic E-state index is 12.7. The van der Waals surface area contributed by atoms with E-state index in [1.165, 1.54) is 0 Å². The maximum Gasteiger partial charge on any atom is 0.267 e. The molecule has 15 heteroatoms. The quantitative estimate of drug-likeness (QED) is 0.112. The van der Waals surface area contributed by atoms with E-state index in [0.717, 1.165) is 40.7 Å². The number of nitrogens with one attached hydrogen (secondary N) is 2. The molecule has 3 aromatic rings. The number of carbonyl (C=O) groups is 2. The Morgan fingerprint density at radius 1 is 0.683 bits per heavy atom. The molecule has 3 aromatic carbocycles. The number of halogens is 6. The summed E-state index contributed by atoms with van der Waals surface area (Å²) in [5.41, 5.74) is 1.37. The van der Waals surface area contributed by atoms with E-state index in [9.17, 15) is 24.9 Å². The lowest BCUT2D eigenvalue weighted by molar-refractivity contribution is -0.194. The first-order valence-corrected chi connectivity index (χ1v) is 24.2. The van der Waals surface area contributed by atoms with Crippen LogP contribution in [0, 0.1) is 46.5 Å². The van der Waals surface area contributed by atoms with Crippen molar-refractivity contribution in [3.05, 3.63) is 85.9 Å². The molecule has 63 heavy (non-hydrogen) atoms. The van der Waals surface area contributed by atoms with E-state index in [2.05, 4.69) is 10.6 Å². The fourth-order valence-electron chi connectivity index (χ4n) is 9.95. The van der Waals surface area contributed by atoms with Crippen LogP contribution in [-0.2, 0) is 16.0 Å². The van der Waals surface area contributed by atoms with Crippen LogP contribution in [0.5, 0.6) is 17.2 Å². The first-order valence-electron chi connectivity index (χ1n) is 21.7. The topological polar surface area (TPSA) is 137 Å². The zero-order valence-electron chi connectivity index (χ0n) is 37.6. The zero-order chi connectivity index (χ0) is 47.1. The summed E-state index contributed by atoms with van der Waals surface area (Å²) in [6.07, 6.45) is 1.35. The summed E-state index contributed by atoms with van der Waals surface area (Å²) in [7, 11) is 0. The molecule has 7 rings (SSSR count). The van der Waals surface area contributed by atoms with Crippen LogP contribution in [0.15, 0.2) is 42.5 Å². The Kier molecular flexibility index (Phi) is 16.3. The highest BCUT2D eigenvalue weighted by molar-refractivity contribution is 6.37. The number of aromatic hydroxyl groups is 1.